The third kappa shape index (κ3) is 21.0. The van der Waals surface area contributed by atoms with E-state index in [1.165, 1.54) is 122 Å². The van der Waals surface area contributed by atoms with Gasteiger partial charge in [-0.1, -0.05) is 156 Å². The van der Waals surface area contributed by atoms with Gasteiger partial charge in [-0.25, -0.2) is 0 Å². The van der Waals surface area contributed by atoms with Crippen molar-refractivity contribution in [1.82, 2.24) is 0 Å². The zero-order valence-electron chi connectivity index (χ0n) is 25.6. The molecular weight excluding hydrogens is 456 g/mol. The Kier molecular flexibility index (Phi) is 21.7. The minimum Gasteiger partial charge on any atom is -0.462 e. The lowest BCUT2D eigenvalue weighted by Crippen LogP contribution is -2.31. The summed E-state index contributed by atoms with van der Waals surface area (Å²) in [5.41, 5.74) is 0. The second-order valence-electron chi connectivity index (χ2n) is 13.0. The van der Waals surface area contributed by atoms with Gasteiger partial charge in [-0.15, -0.1) is 0 Å². The minimum atomic E-state index is -0.320. The second-order valence-corrected chi connectivity index (χ2v) is 13.0. The smallest absolute Gasteiger partial charge is 0.306 e. The van der Waals surface area contributed by atoms with Crippen LogP contribution in [0.3, 0.4) is 0 Å². The Morgan fingerprint density at radius 2 is 1.14 bits per heavy atom. The number of aliphatic hydroxyl groups excluding tert-OH is 1. The number of carbonyl (C=O) groups is 1. The summed E-state index contributed by atoms with van der Waals surface area (Å²) >= 11 is 0. The van der Waals surface area contributed by atoms with E-state index in [1.54, 1.807) is 0 Å². The van der Waals surface area contributed by atoms with Crippen LogP contribution in [0.5, 0.6) is 0 Å². The van der Waals surface area contributed by atoms with E-state index < -0.39 is 0 Å². The molecule has 1 rings (SSSR count). The zero-order chi connectivity index (χ0) is 27.1. The average molecular weight is 523 g/mol. The fourth-order valence-corrected chi connectivity index (χ4v) is 6.08. The van der Waals surface area contributed by atoms with E-state index in [9.17, 15) is 9.90 Å². The van der Waals surface area contributed by atoms with E-state index in [2.05, 4.69) is 27.7 Å². The Bertz CT molecular complexity index is 519. The zero-order valence-corrected chi connectivity index (χ0v) is 25.6. The van der Waals surface area contributed by atoms with Gasteiger partial charge < -0.3 is 9.84 Å². The first-order valence-electron chi connectivity index (χ1n) is 16.8. The number of unbranched alkanes of at least 4 members (excludes halogenated alkanes) is 14. The highest BCUT2D eigenvalue weighted by molar-refractivity contribution is 5.70. The van der Waals surface area contributed by atoms with Crippen molar-refractivity contribution in [1.29, 1.82) is 0 Å². The number of esters is 1. The molecule has 0 saturated carbocycles. The normalized spacial score (nSPS) is 20.5. The summed E-state index contributed by atoms with van der Waals surface area (Å²) in [5, 5.41) is 10.3. The molecule has 1 saturated heterocycles. The molecule has 1 aliphatic heterocycles. The molecule has 0 aromatic heterocycles. The first-order chi connectivity index (χ1) is 17.9. The molecule has 3 nitrogen and oxygen atoms in total. The van der Waals surface area contributed by atoms with Gasteiger partial charge in [0.1, 0.15) is 6.10 Å². The number of carbonyl (C=O) groups excluding carboxylic acids is 1. The number of cyclic esters (lactones) is 1. The Morgan fingerprint density at radius 1 is 0.703 bits per heavy atom. The lowest BCUT2D eigenvalue weighted by molar-refractivity contribution is -0.158. The van der Waals surface area contributed by atoms with Crippen molar-refractivity contribution in [2.45, 2.75) is 194 Å². The molecule has 1 fully saturated rings. The molecule has 0 aliphatic carbocycles. The summed E-state index contributed by atoms with van der Waals surface area (Å²) in [6.45, 7) is 9.34. The van der Waals surface area contributed by atoms with Crippen LogP contribution in [0, 0.1) is 17.8 Å². The van der Waals surface area contributed by atoms with Crippen LogP contribution in [-0.2, 0) is 9.53 Å². The summed E-state index contributed by atoms with van der Waals surface area (Å²) in [6, 6.07) is 0. The first-order valence-corrected chi connectivity index (χ1v) is 16.8. The van der Waals surface area contributed by atoms with Crippen LogP contribution in [0.25, 0.3) is 0 Å². The third-order valence-electron chi connectivity index (χ3n) is 8.70. The quantitative estimate of drug-likeness (QED) is 0.0957. The number of ether oxygens (including phenoxy) is 1. The molecule has 1 heterocycles. The molecule has 1 aliphatic rings. The molecule has 0 radical (unpaired) electrons. The Labute approximate surface area is 232 Å². The predicted molar refractivity (Wildman–Crippen MR) is 160 cm³/mol. The van der Waals surface area contributed by atoms with Crippen molar-refractivity contribution >= 4 is 5.97 Å². The van der Waals surface area contributed by atoms with Crippen LogP contribution in [-0.4, -0.2) is 23.3 Å². The summed E-state index contributed by atoms with van der Waals surface area (Å²) < 4.78 is 5.39. The highest BCUT2D eigenvalue weighted by Crippen LogP contribution is 2.25. The average Bonchev–Trinajstić information content (AvgIpc) is 2.84. The molecule has 3 heteroatoms. The fourth-order valence-electron chi connectivity index (χ4n) is 6.08. The number of hydrogen-bond acceptors (Lipinski definition) is 3. The van der Waals surface area contributed by atoms with Crippen LogP contribution in [0.1, 0.15) is 182 Å². The summed E-state index contributed by atoms with van der Waals surface area (Å²) in [7, 11) is 0. The van der Waals surface area contributed by atoms with E-state index in [-0.39, 0.29) is 18.2 Å². The molecule has 220 valence electrons. The van der Waals surface area contributed by atoms with Gasteiger partial charge >= 0.3 is 5.97 Å². The number of rotatable bonds is 25. The first kappa shape index (κ1) is 34.5. The highest BCUT2D eigenvalue weighted by Gasteiger charge is 2.27. The molecule has 0 aromatic rings. The predicted octanol–water partition coefficient (Wildman–Crippen LogP) is 10.6. The van der Waals surface area contributed by atoms with Crippen LogP contribution < -0.4 is 0 Å². The van der Waals surface area contributed by atoms with Crippen molar-refractivity contribution in [3.05, 3.63) is 0 Å². The van der Waals surface area contributed by atoms with Crippen LogP contribution in [0.2, 0.25) is 0 Å². The molecule has 0 bridgehead atoms. The molecular formula is C34H66O3. The minimum absolute atomic E-state index is 0.0711. The van der Waals surface area contributed by atoms with Crippen LogP contribution in [0.15, 0.2) is 0 Å². The van der Waals surface area contributed by atoms with Gasteiger partial charge in [-0.2, -0.15) is 0 Å². The lowest BCUT2D eigenvalue weighted by atomic mass is 9.91. The van der Waals surface area contributed by atoms with Crippen LogP contribution in [0.4, 0.5) is 0 Å². The molecule has 0 aromatic carbocycles. The molecule has 5 atom stereocenters. The van der Waals surface area contributed by atoms with Crippen molar-refractivity contribution in [3.63, 3.8) is 0 Å². The summed E-state index contributed by atoms with van der Waals surface area (Å²) in [4.78, 5) is 11.5. The van der Waals surface area contributed by atoms with E-state index in [4.69, 9.17) is 4.74 Å². The second kappa shape index (κ2) is 23.3. The monoisotopic (exact) mass is 523 g/mol. The highest BCUT2D eigenvalue weighted by atomic mass is 16.5. The lowest BCUT2D eigenvalue weighted by Gasteiger charge is -2.28. The fraction of sp³-hybridized carbons (Fsp3) is 0.971. The van der Waals surface area contributed by atoms with Gasteiger partial charge in [-0.3, -0.25) is 4.79 Å². The van der Waals surface area contributed by atoms with Crippen molar-refractivity contribution in [2.75, 3.05) is 0 Å². The number of hydrogen-bond donors (Lipinski definition) is 1. The third-order valence-corrected chi connectivity index (χ3v) is 8.70. The van der Waals surface area contributed by atoms with E-state index >= 15 is 0 Å². The molecule has 0 spiro atoms. The van der Waals surface area contributed by atoms with Crippen molar-refractivity contribution < 1.29 is 14.6 Å². The topological polar surface area (TPSA) is 46.5 Å². The molecule has 37 heavy (non-hydrogen) atoms. The Hall–Kier alpha value is -0.570. The maximum atomic E-state index is 11.5. The summed E-state index contributed by atoms with van der Waals surface area (Å²) in [5.74, 6) is 2.14. The van der Waals surface area contributed by atoms with Crippen molar-refractivity contribution in [2.24, 2.45) is 17.8 Å². The van der Waals surface area contributed by atoms with E-state index in [0.717, 1.165) is 31.1 Å². The van der Waals surface area contributed by atoms with E-state index in [1.807, 2.05) is 0 Å². The maximum Gasteiger partial charge on any atom is 0.306 e. The van der Waals surface area contributed by atoms with Gasteiger partial charge in [0.15, 0.2) is 0 Å². The standard InChI is InChI=1S/C34H66O3/c1-5-6-7-15-18-21-29(2)24-25-30(3)22-19-16-13-11-9-8-10-12-14-17-20-23-32(35)28-33-26-31(4)27-34(36)37-33/h29-33,35H,5-28H2,1-4H3/t29-,30+,31+,32-,33+/m0/s1. The number of aliphatic hydroxyl groups is 1. The van der Waals surface area contributed by atoms with Gasteiger partial charge in [0.05, 0.1) is 6.10 Å². The van der Waals surface area contributed by atoms with Gasteiger partial charge in [0.2, 0.25) is 0 Å². The molecule has 1 N–H and O–H groups in total. The molecule has 0 amide bonds. The SMILES string of the molecule is CCCCCCC[C@H](C)CC[C@H](C)CCCCCCCCCCCCC[C@H](O)C[C@H]1C[C@@H](C)CC(=O)O1. The maximum absolute atomic E-state index is 11.5. The van der Waals surface area contributed by atoms with Gasteiger partial charge in [0.25, 0.3) is 0 Å². The van der Waals surface area contributed by atoms with E-state index in [0.29, 0.717) is 18.8 Å². The van der Waals surface area contributed by atoms with Crippen molar-refractivity contribution in [3.8, 4) is 0 Å². The van der Waals surface area contributed by atoms with Crippen LogP contribution >= 0.6 is 0 Å². The summed E-state index contributed by atoms with van der Waals surface area (Å²) in [6.07, 6.45) is 30.2. The Morgan fingerprint density at radius 3 is 1.59 bits per heavy atom. The molecule has 0 unspecified atom stereocenters. The van der Waals surface area contributed by atoms with Gasteiger partial charge in [-0.05, 0) is 30.6 Å². The van der Waals surface area contributed by atoms with Gasteiger partial charge in [0, 0.05) is 12.8 Å². The largest absolute Gasteiger partial charge is 0.462 e. The Balaban J connectivity index is 1.81.